The highest BCUT2D eigenvalue weighted by Gasteiger charge is 2.17. The largest absolute Gasteiger partial charge is 0.493 e. The van der Waals surface area contributed by atoms with Crippen molar-refractivity contribution < 1.29 is 14.3 Å². The summed E-state index contributed by atoms with van der Waals surface area (Å²) in [6, 6.07) is 13.5. The standard InChI is InChI=1S/C23H31NO3/c1-7-26-20-13-12-17(22(25)24-23(4,5)6)14-18(20)15-27-21-11-9-8-10-19(21)16(2)3/h8-14,16H,7,15H2,1-6H3,(H,24,25). The van der Waals surface area contributed by atoms with Crippen molar-refractivity contribution in [3.63, 3.8) is 0 Å². The van der Waals surface area contributed by atoms with Gasteiger partial charge in [-0.05, 0) is 63.4 Å². The van der Waals surface area contributed by atoms with E-state index in [1.165, 1.54) is 0 Å². The van der Waals surface area contributed by atoms with Crippen LogP contribution in [0.2, 0.25) is 0 Å². The molecule has 0 heterocycles. The molecule has 2 aromatic rings. The normalized spacial score (nSPS) is 11.4. The average Bonchev–Trinajstić information content (AvgIpc) is 2.59. The summed E-state index contributed by atoms with van der Waals surface area (Å²) < 4.78 is 11.8. The molecule has 1 amide bonds. The van der Waals surface area contributed by atoms with E-state index in [0.717, 1.165) is 22.6 Å². The van der Waals surface area contributed by atoms with Crippen molar-refractivity contribution >= 4 is 5.91 Å². The van der Waals surface area contributed by atoms with Gasteiger partial charge in [0.15, 0.2) is 0 Å². The quantitative estimate of drug-likeness (QED) is 0.719. The Morgan fingerprint density at radius 1 is 1.04 bits per heavy atom. The van der Waals surface area contributed by atoms with Gasteiger partial charge in [-0.25, -0.2) is 0 Å². The van der Waals surface area contributed by atoms with Crippen LogP contribution in [-0.4, -0.2) is 18.1 Å². The fourth-order valence-corrected chi connectivity index (χ4v) is 2.79. The number of hydrogen-bond acceptors (Lipinski definition) is 3. The first kappa shape index (κ1) is 20.8. The maximum atomic E-state index is 12.5. The van der Waals surface area contributed by atoms with Crippen LogP contribution in [0.5, 0.6) is 11.5 Å². The molecule has 2 aromatic carbocycles. The number of nitrogens with one attached hydrogen (secondary N) is 1. The van der Waals surface area contributed by atoms with Crippen molar-refractivity contribution in [2.45, 2.75) is 59.6 Å². The Labute approximate surface area is 162 Å². The van der Waals surface area contributed by atoms with E-state index in [0.29, 0.717) is 24.7 Å². The fourth-order valence-electron chi connectivity index (χ4n) is 2.79. The molecule has 0 radical (unpaired) electrons. The lowest BCUT2D eigenvalue weighted by atomic mass is 10.0. The highest BCUT2D eigenvalue weighted by atomic mass is 16.5. The van der Waals surface area contributed by atoms with Gasteiger partial charge in [0.25, 0.3) is 5.91 Å². The Morgan fingerprint density at radius 3 is 2.37 bits per heavy atom. The summed E-state index contributed by atoms with van der Waals surface area (Å²) >= 11 is 0. The molecule has 0 fully saturated rings. The number of ether oxygens (including phenoxy) is 2. The zero-order chi connectivity index (χ0) is 20.0. The van der Waals surface area contributed by atoms with Crippen molar-refractivity contribution in [1.29, 1.82) is 0 Å². The zero-order valence-corrected chi connectivity index (χ0v) is 17.3. The predicted molar refractivity (Wildman–Crippen MR) is 110 cm³/mol. The van der Waals surface area contributed by atoms with Gasteiger partial charge in [0.05, 0.1) is 6.61 Å². The van der Waals surface area contributed by atoms with Crippen LogP contribution in [0.4, 0.5) is 0 Å². The first-order valence-corrected chi connectivity index (χ1v) is 9.51. The van der Waals surface area contributed by atoms with Crippen molar-refractivity contribution in [3.05, 3.63) is 59.2 Å². The van der Waals surface area contributed by atoms with Crippen LogP contribution in [0.3, 0.4) is 0 Å². The highest BCUT2D eigenvalue weighted by molar-refractivity contribution is 5.95. The minimum Gasteiger partial charge on any atom is -0.493 e. The van der Waals surface area contributed by atoms with Gasteiger partial charge in [-0.1, -0.05) is 32.0 Å². The topological polar surface area (TPSA) is 47.6 Å². The summed E-state index contributed by atoms with van der Waals surface area (Å²) in [5.74, 6) is 1.87. The third-order valence-corrected chi connectivity index (χ3v) is 4.04. The average molecular weight is 370 g/mol. The lowest BCUT2D eigenvalue weighted by Crippen LogP contribution is -2.40. The van der Waals surface area contributed by atoms with Gasteiger partial charge in [-0.2, -0.15) is 0 Å². The lowest BCUT2D eigenvalue weighted by molar-refractivity contribution is 0.0919. The van der Waals surface area contributed by atoms with E-state index in [1.54, 1.807) is 6.07 Å². The molecule has 0 spiro atoms. The number of carbonyl (C=O) groups is 1. The van der Waals surface area contributed by atoms with Crippen LogP contribution in [0.15, 0.2) is 42.5 Å². The molecule has 0 aliphatic rings. The molecular weight excluding hydrogens is 338 g/mol. The number of benzene rings is 2. The molecule has 0 aliphatic heterocycles. The Morgan fingerprint density at radius 2 is 1.74 bits per heavy atom. The molecule has 1 N–H and O–H groups in total. The van der Waals surface area contributed by atoms with E-state index < -0.39 is 0 Å². The number of rotatable bonds is 7. The van der Waals surface area contributed by atoms with Crippen LogP contribution >= 0.6 is 0 Å². The molecule has 0 saturated carbocycles. The molecule has 0 unspecified atom stereocenters. The Bertz CT molecular complexity index is 775. The Hall–Kier alpha value is -2.49. The molecule has 0 atom stereocenters. The van der Waals surface area contributed by atoms with Crippen LogP contribution in [0.25, 0.3) is 0 Å². The van der Waals surface area contributed by atoms with Crippen LogP contribution < -0.4 is 14.8 Å². The van der Waals surface area contributed by atoms with Crippen molar-refractivity contribution in [1.82, 2.24) is 5.32 Å². The maximum absolute atomic E-state index is 12.5. The van der Waals surface area contributed by atoms with Gasteiger partial charge >= 0.3 is 0 Å². The minimum atomic E-state index is -0.289. The van der Waals surface area contributed by atoms with Gasteiger partial charge in [0, 0.05) is 16.7 Å². The van der Waals surface area contributed by atoms with E-state index in [4.69, 9.17) is 9.47 Å². The first-order valence-electron chi connectivity index (χ1n) is 9.51. The fraction of sp³-hybridized carbons (Fsp3) is 0.435. The summed E-state index contributed by atoms with van der Waals surface area (Å²) in [4.78, 5) is 12.5. The smallest absolute Gasteiger partial charge is 0.251 e. The molecule has 0 saturated heterocycles. The molecule has 0 aliphatic carbocycles. The summed E-state index contributed by atoms with van der Waals surface area (Å²) in [5, 5.41) is 2.99. The third kappa shape index (κ3) is 6.02. The molecule has 0 bridgehead atoms. The van der Waals surface area contributed by atoms with Crippen LogP contribution in [0.1, 0.15) is 68.9 Å². The lowest BCUT2D eigenvalue weighted by Gasteiger charge is -2.21. The second kappa shape index (κ2) is 8.94. The van der Waals surface area contributed by atoms with Gasteiger partial charge in [-0.15, -0.1) is 0 Å². The van der Waals surface area contributed by atoms with Gasteiger partial charge in [0.2, 0.25) is 0 Å². The molecule has 4 heteroatoms. The van der Waals surface area contributed by atoms with Crippen molar-refractivity contribution in [2.24, 2.45) is 0 Å². The molecule has 2 rings (SSSR count). The number of amides is 1. The van der Waals surface area contributed by atoms with E-state index >= 15 is 0 Å². The predicted octanol–water partition coefficient (Wildman–Crippen LogP) is 5.32. The van der Waals surface area contributed by atoms with E-state index in [-0.39, 0.29) is 11.4 Å². The van der Waals surface area contributed by atoms with Crippen molar-refractivity contribution in [2.75, 3.05) is 6.61 Å². The van der Waals surface area contributed by atoms with Crippen LogP contribution in [0, 0.1) is 0 Å². The molecule has 0 aromatic heterocycles. The number of hydrogen-bond donors (Lipinski definition) is 1. The number of carbonyl (C=O) groups excluding carboxylic acids is 1. The first-order chi connectivity index (χ1) is 12.7. The molecular formula is C23H31NO3. The summed E-state index contributed by atoms with van der Waals surface area (Å²) in [5.41, 5.74) is 2.33. The Balaban J connectivity index is 2.26. The van der Waals surface area contributed by atoms with E-state index in [2.05, 4.69) is 25.2 Å². The molecule has 27 heavy (non-hydrogen) atoms. The summed E-state index contributed by atoms with van der Waals surface area (Å²) in [6.45, 7) is 13.0. The van der Waals surface area contributed by atoms with E-state index in [9.17, 15) is 4.79 Å². The third-order valence-electron chi connectivity index (χ3n) is 4.04. The second-order valence-electron chi connectivity index (χ2n) is 7.94. The second-order valence-corrected chi connectivity index (χ2v) is 7.94. The van der Waals surface area contributed by atoms with Crippen LogP contribution in [-0.2, 0) is 6.61 Å². The zero-order valence-electron chi connectivity index (χ0n) is 17.3. The van der Waals surface area contributed by atoms with Gasteiger partial charge < -0.3 is 14.8 Å². The maximum Gasteiger partial charge on any atom is 0.251 e. The molecule has 146 valence electrons. The summed E-state index contributed by atoms with van der Waals surface area (Å²) in [7, 11) is 0. The Kier molecular flexibility index (Phi) is 6.89. The molecule has 4 nitrogen and oxygen atoms in total. The number of para-hydroxylation sites is 1. The monoisotopic (exact) mass is 369 g/mol. The van der Waals surface area contributed by atoms with E-state index in [1.807, 2.05) is 58.0 Å². The van der Waals surface area contributed by atoms with Crippen molar-refractivity contribution in [3.8, 4) is 11.5 Å². The summed E-state index contributed by atoms with van der Waals surface area (Å²) in [6.07, 6.45) is 0. The van der Waals surface area contributed by atoms with Gasteiger partial charge in [-0.3, -0.25) is 4.79 Å². The SMILES string of the molecule is CCOc1ccc(C(=O)NC(C)(C)C)cc1COc1ccccc1C(C)C. The van der Waals surface area contributed by atoms with Gasteiger partial charge in [0.1, 0.15) is 18.1 Å². The minimum absolute atomic E-state index is 0.102. The highest BCUT2D eigenvalue weighted by Crippen LogP contribution is 2.28.